The third-order valence-corrected chi connectivity index (χ3v) is 3.64. The van der Waals surface area contributed by atoms with E-state index in [-0.39, 0.29) is 0 Å². The Morgan fingerprint density at radius 2 is 1.82 bits per heavy atom. The number of piperidine rings is 1. The van der Waals surface area contributed by atoms with Crippen molar-refractivity contribution in [2.75, 3.05) is 20.1 Å². The first-order valence-electron chi connectivity index (χ1n) is 6.66. The minimum Gasteiger partial charge on any atom is -0.373 e. The Balaban J connectivity index is 1.85. The summed E-state index contributed by atoms with van der Waals surface area (Å²) >= 11 is 0. The largest absolute Gasteiger partial charge is 0.373 e. The third-order valence-electron chi connectivity index (χ3n) is 3.64. The maximum absolute atomic E-state index is 6.03. The maximum Gasteiger partial charge on any atom is 0.0723 e. The molecule has 0 spiro atoms. The first-order valence-corrected chi connectivity index (χ1v) is 6.66. The molecule has 1 aliphatic rings. The average Bonchev–Trinajstić information content (AvgIpc) is 2.38. The van der Waals surface area contributed by atoms with Gasteiger partial charge in [-0.05, 0) is 37.4 Å². The molecular formula is C15H23NO. The van der Waals surface area contributed by atoms with E-state index in [1.54, 1.807) is 0 Å². The highest BCUT2D eigenvalue weighted by molar-refractivity contribution is 5.26. The van der Waals surface area contributed by atoms with Gasteiger partial charge in [-0.3, -0.25) is 0 Å². The summed E-state index contributed by atoms with van der Waals surface area (Å²) in [6.45, 7) is 5.31. The molecule has 0 unspecified atom stereocenters. The standard InChI is InChI=1S/C15H23NO/c1-3-13-6-4-5-7-14(13)12-17-15-8-10-16(2)11-9-15/h4-7,15H,3,8-12H2,1-2H3. The molecule has 0 atom stereocenters. The zero-order valence-corrected chi connectivity index (χ0v) is 11.0. The van der Waals surface area contributed by atoms with Crippen molar-refractivity contribution in [1.29, 1.82) is 0 Å². The van der Waals surface area contributed by atoms with Gasteiger partial charge < -0.3 is 9.64 Å². The zero-order chi connectivity index (χ0) is 12.1. The van der Waals surface area contributed by atoms with Crippen molar-refractivity contribution in [2.24, 2.45) is 0 Å². The van der Waals surface area contributed by atoms with Gasteiger partial charge >= 0.3 is 0 Å². The molecule has 1 aromatic rings. The molecule has 94 valence electrons. The molecule has 2 nitrogen and oxygen atoms in total. The Hall–Kier alpha value is -0.860. The number of likely N-dealkylation sites (tertiary alicyclic amines) is 1. The third kappa shape index (κ3) is 3.55. The summed E-state index contributed by atoms with van der Waals surface area (Å²) in [5.74, 6) is 0. The lowest BCUT2D eigenvalue weighted by Gasteiger charge is -2.29. The summed E-state index contributed by atoms with van der Waals surface area (Å²) < 4.78 is 6.03. The minimum atomic E-state index is 0.455. The van der Waals surface area contributed by atoms with Crippen molar-refractivity contribution in [3.63, 3.8) is 0 Å². The van der Waals surface area contributed by atoms with E-state index >= 15 is 0 Å². The second-order valence-electron chi connectivity index (χ2n) is 4.94. The first-order chi connectivity index (χ1) is 8.29. The van der Waals surface area contributed by atoms with Crippen molar-refractivity contribution >= 4 is 0 Å². The van der Waals surface area contributed by atoms with Gasteiger partial charge in [0.15, 0.2) is 0 Å². The van der Waals surface area contributed by atoms with E-state index in [0.717, 1.165) is 13.0 Å². The quantitative estimate of drug-likeness (QED) is 0.793. The Bertz CT molecular complexity index is 343. The topological polar surface area (TPSA) is 12.5 Å². The lowest BCUT2D eigenvalue weighted by atomic mass is 10.1. The summed E-state index contributed by atoms with van der Waals surface area (Å²) in [4.78, 5) is 2.37. The van der Waals surface area contributed by atoms with Crippen LogP contribution < -0.4 is 0 Å². The van der Waals surface area contributed by atoms with Crippen LogP contribution in [0.5, 0.6) is 0 Å². The molecular weight excluding hydrogens is 210 g/mol. The molecule has 1 aliphatic heterocycles. The van der Waals surface area contributed by atoms with E-state index in [1.807, 2.05) is 0 Å². The van der Waals surface area contributed by atoms with E-state index < -0.39 is 0 Å². The van der Waals surface area contributed by atoms with Crippen LogP contribution >= 0.6 is 0 Å². The molecule has 0 N–H and O–H groups in total. The fourth-order valence-corrected chi connectivity index (χ4v) is 2.40. The molecule has 17 heavy (non-hydrogen) atoms. The predicted molar refractivity (Wildman–Crippen MR) is 71.1 cm³/mol. The molecule has 1 aromatic carbocycles. The molecule has 0 amide bonds. The van der Waals surface area contributed by atoms with Gasteiger partial charge in [-0.1, -0.05) is 31.2 Å². The molecule has 1 saturated heterocycles. The summed E-state index contributed by atoms with van der Waals surface area (Å²) in [6, 6.07) is 8.60. The van der Waals surface area contributed by atoms with Crippen LogP contribution in [0.1, 0.15) is 30.9 Å². The van der Waals surface area contributed by atoms with Gasteiger partial charge in [-0.2, -0.15) is 0 Å². The monoisotopic (exact) mass is 233 g/mol. The van der Waals surface area contributed by atoms with Crippen molar-refractivity contribution in [2.45, 2.75) is 38.9 Å². The van der Waals surface area contributed by atoms with Gasteiger partial charge in [0.05, 0.1) is 12.7 Å². The van der Waals surface area contributed by atoms with Crippen LogP contribution in [0.25, 0.3) is 0 Å². The van der Waals surface area contributed by atoms with Crippen molar-refractivity contribution < 1.29 is 4.74 Å². The molecule has 2 rings (SSSR count). The number of hydrogen-bond acceptors (Lipinski definition) is 2. The molecule has 2 heteroatoms. The summed E-state index contributed by atoms with van der Waals surface area (Å²) in [7, 11) is 2.18. The lowest BCUT2D eigenvalue weighted by molar-refractivity contribution is 0.00188. The van der Waals surface area contributed by atoms with Crippen LogP contribution in [-0.4, -0.2) is 31.1 Å². The minimum absolute atomic E-state index is 0.455. The molecule has 0 bridgehead atoms. The molecule has 1 heterocycles. The predicted octanol–water partition coefficient (Wildman–Crippen LogP) is 2.86. The van der Waals surface area contributed by atoms with E-state index in [1.165, 1.54) is 37.1 Å². The van der Waals surface area contributed by atoms with Crippen molar-refractivity contribution in [3.05, 3.63) is 35.4 Å². The molecule has 0 radical (unpaired) electrons. The normalized spacial score (nSPS) is 18.5. The number of aryl methyl sites for hydroxylation is 1. The summed E-state index contributed by atoms with van der Waals surface area (Å²) in [6.07, 6.45) is 3.89. The van der Waals surface area contributed by atoms with Crippen molar-refractivity contribution in [3.8, 4) is 0 Å². The molecule has 0 aromatic heterocycles. The lowest BCUT2D eigenvalue weighted by Crippen LogP contribution is -2.34. The maximum atomic E-state index is 6.03. The fourth-order valence-electron chi connectivity index (χ4n) is 2.40. The highest BCUT2D eigenvalue weighted by Crippen LogP contribution is 2.16. The van der Waals surface area contributed by atoms with Crippen molar-refractivity contribution in [1.82, 2.24) is 4.90 Å². The van der Waals surface area contributed by atoms with Gasteiger partial charge in [0.2, 0.25) is 0 Å². The van der Waals surface area contributed by atoms with Crippen LogP contribution in [0.4, 0.5) is 0 Å². The van der Waals surface area contributed by atoms with E-state index in [9.17, 15) is 0 Å². The average molecular weight is 233 g/mol. The SMILES string of the molecule is CCc1ccccc1COC1CCN(C)CC1. The Morgan fingerprint density at radius 1 is 1.18 bits per heavy atom. The number of rotatable bonds is 4. The van der Waals surface area contributed by atoms with Gasteiger partial charge in [-0.15, -0.1) is 0 Å². The van der Waals surface area contributed by atoms with E-state index in [4.69, 9.17) is 4.74 Å². The zero-order valence-electron chi connectivity index (χ0n) is 11.0. The number of nitrogens with zero attached hydrogens (tertiary/aromatic N) is 1. The summed E-state index contributed by atoms with van der Waals surface area (Å²) in [5.41, 5.74) is 2.77. The van der Waals surface area contributed by atoms with Crippen LogP contribution in [-0.2, 0) is 17.8 Å². The van der Waals surface area contributed by atoms with Crippen LogP contribution in [0.15, 0.2) is 24.3 Å². The number of ether oxygens (including phenoxy) is 1. The van der Waals surface area contributed by atoms with E-state index in [2.05, 4.69) is 43.1 Å². The van der Waals surface area contributed by atoms with Crippen LogP contribution in [0, 0.1) is 0 Å². The second kappa shape index (κ2) is 6.18. The van der Waals surface area contributed by atoms with Gasteiger partial charge in [0.25, 0.3) is 0 Å². The smallest absolute Gasteiger partial charge is 0.0723 e. The Morgan fingerprint density at radius 3 is 2.47 bits per heavy atom. The number of hydrogen-bond donors (Lipinski definition) is 0. The first kappa shape index (κ1) is 12.6. The Kier molecular flexibility index (Phi) is 4.57. The highest BCUT2D eigenvalue weighted by atomic mass is 16.5. The van der Waals surface area contributed by atoms with Gasteiger partial charge in [-0.25, -0.2) is 0 Å². The fraction of sp³-hybridized carbons (Fsp3) is 0.600. The van der Waals surface area contributed by atoms with E-state index in [0.29, 0.717) is 6.10 Å². The number of benzene rings is 1. The molecule has 0 aliphatic carbocycles. The van der Waals surface area contributed by atoms with Crippen LogP contribution in [0.3, 0.4) is 0 Å². The summed E-state index contributed by atoms with van der Waals surface area (Å²) in [5, 5.41) is 0. The second-order valence-corrected chi connectivity index (χ2v) is 4.94. The van der Waals surface area contributed by atoms with Gasteiger partial charge in [0, 0.05) is 13.1 Å². The Labute approximate surface area is 105 Å². The molecule has 0 saturated carbocycles. The van der Waals surface area contributed by atoms with Crippen LogP contribution in [0.2, 0.25) is 0 Å². The molecule has 1 fully saturated rings. The van der Waals surface area contributed by atoms with Gasteiger partial charge in [0.1, 0.15) is 0 Å². The highest BCUT2D eigenvalue weighted by Gasteiger charge is 2.17.